The van der Waals surface area contributed by atoms with Crippen LogP contribution in [0.1, 0.15) is 44.4 Å². The van der Waals surface area contributed by atoms with Gasteiger partial charge in [-0.25, -0.2) is 0 Å². The molecule has 0 unspecified atom stereocenters. The van der Waals surface area contributed by atoms with Gasteiger partial charge < -0.3 is 9.13 Å². The normalized spacial score (nSPS) is 12.7. The van der Waals surface area contributed by atoms with Gasteiger partial charge in [-0.1, -0.05) is 184 Å². The smallest absolute Gasteiger partial charge is 0.0541 e. The molecule has 0 aliphatic carbocycles. The van der Waals surface area contributed by atoms with E-state index in [-0.39, 0.29) is 0 Å². The van der Waals surface area contributed by atoms with E-state index < -0.39 is 0 Å². The summed E-state index contributed by atoms with van der Waals surface area (Å²) < 4.78 is 4.72. The highest BCUT2D eigenvalue weighted by atomic mass is 15.0. The van der Waals surface area contributed by atoms with E-state index in [0.29, 0.717) is 0 Å². The average molecular weight is 775 g/mol. The fourth-order valence-electron chi connectivity index (χ4n) is 8.24. The van der Waals surface area contributed by atoms with Gasteiger partial charge in [0, 0.05) is 32.9 Å². The van der Waals surface area contributed by atoms with Crippen LogP contribution in [0.15, 0.2) is 231 Å². The van der Waals surface area contributed by atoms with Gasteiger partial charge in [0.1, 0.15) is 0 Å². The molecule has 0 saturated carbocycles. The van der Waals surface area contributed by atoms with Crippen LogP contribution in [0.2, 0.25) is 0 Å². The minimum atomic E-state index is 1.06. The number of allylic oxidation sites excluding steroid dienone is 11. The second-order valence-electron chi connectivity index (χ2n) is 14.6. The zero-order chi connectivity index (χ0) is 41.4. The fourth-order valence-corrected chi connectivity index (χ4v) is 8.24. The maximum absolute atomic E-state index is 4.07. The molecule has 0 spiro atoms. The van der Waals surface area contributed by atoms with Crippen LogP contribution in [-0.4, -0.2) is 9.13 Å². The van der Waals surface area contributed by atoms with Crippen LogP contribution in [0.25, 0.3) is 71.7 Å². The zero-order valence-corrected chi connectivity index (χ0v) is 34.9. The van der Waals surface area contributed by atoms with Gasteiger partial charge in [-0.3, -0.25) is 0 Å². The zero-order valence-electron chi connectivity index (χ0n) is 34.9. The summed E-state index contributed by atoms with van der Waals surface area (Å²) in [4.78, 5) is 0. The maximum Gasteiger partial charge on any atom is 0.0541 e. The van der Waals surface area contributed by atoms with E-state index in [4.69, 9.17) is 0 Å². The second kappa shape index (κ2) is 18.0. The van der Waals surface area contributed by atoms with Crippen molar-refractivity contribution in [2.24, 2.45) is 0 Å². The molecule has 60 heavy (non-hydrogen) atoms. The predicted octanol–water partition coefficient (Wildman–Crippen LogP) is 16.2. The molecule has 0 amide bonds. The molecular formula is C58H50N2. The predicted molar refractivity (Wildman–Crippen MR) is 262 cm³/mol. The lowest BCUT2D eigenvalue weighted by molar-refractivity contribution is 1.18. The van der Waals surface area contributed by atoms with Crippen LogP contribution < -0.4 is 0 Å². The summed E-state index contributed by atoms with van der Waals surface area (Å²) in [5.41, 5.74) is 15.1. The van der Waals surface area contributed by atoms with Crippen molar-refractivity contribution in [3.8, 4) is 11.4 Å². The Labute approximate surface area is 354 Å². The van der Waals surface area contributed by atoms with Crippen LogP contribution >= 0.6 is 0 Å². The lowest BCUT2D eigenvalue weighted by Gasteiger charge is -2.11. The number of benzene rings is 7. The first-order valence-corrected chi connectivity index (χ1v) is 20.9. The largest absolute Gasteiger partial charge is 0.309 e. The molecular weight excluding hydrogens is 725 g/mol. The number of fused-ring (bicyclic) bond motifs is 6. The van der Waals surface area contributed by atoms with Crippen LogP contribution in [0.5, 0.6) is 0 Å². The van der Waals surface area contributed by atoms with E-state index in [1.807, 2.05) is 19.9 Å². The molecule has 0 N–H and O–H groups in total. The van der Waals surface area contributed by atoms with Gasteiger partial charge in [0.2, 0.25) is 0 Å². The highest BCUT2D eigenvalue weighted by molar-refractivity contribution is 6.10. The number of para-hydroxylation sites is 4. The molecule has 0 saturated heterocycles. The van der Waals surface area contributed by atoms with Crippen LogP contribution in [0.4, 0.5) is 0 Å². The standard InChI is InChI=1S/C56H44N2.C2H6/c1-4-17-41(38-40(3)43-30-34-47(35-31-43)57-53-24-13-9-20-49(53)50-21-10-14-25-54(50)57)28-29-46(39-42(5-2)44-18-7-6-8-19-44)45-32-36-48(37-33-45)58-55-26-15-11-22-51(55)52-23-12-16-27-56(52)58;1-2/h4-39H,1H2,2-3H3;1-2H3/b29-28+,40-38+,41-17-,42-5+,46-39+;. The Morgan fingerprint density at radius 3 is 1.27 bits per heavy atom. The fraction of sp³-hybridized carbons (Fsp3) is 0.0690. The Kier molecular flexibility index (Phi) is 11.8. The molecule has 0 aliphatic heterocycles. The highest BCUT2D eigenvalue weighted by Crippen LogP contribution is 2.34. The van der Waals surface area contributed by atoms with Crippen LogP contribution in [0.3, 0.4) is 0 Å². The Balaban J connectivity index is 0.00000246. The van der Waals surface area contributed by atoms with Crippen LogP contribution in [0, 0.1) is 0 Å². The number of nitrogens with zero attached hydrogens (tertiary/aromatic N) is 2. The van der Waals surface area contributed by atoms with Gasteiger partial charge in [-0.05, 0) is 107 Å². The summed E-state index contributed by atoms with van der Waals surface area (Å²) in [6.45, 7) is 12.3. The molecule has 2 aromatic heterocycles. The van der Waals surface area contributed by atoms with E-state index >= 15 is 0 Å². The summed E-state index contributed by atoms with van der Waals surface area (Å²) in [5.74, 6) is 0. The minimum Gasteiger partial charge on any atom is -0.309 e. The topological polar surface area (TPSA) is 9.86 Å². The van der Waals surface area contributed by atoms with E-state index in [0.717, 1.165) is 33.7 Å². The van der Waals surface area contributed by atoms with E-state index in [1.165, 1.54) is 60.3 Å². The summed E-state index contributed by atoms with van der Waals surface area (Å²) in [6.07, 6.45) is 15.1. The first-order valence-electron chi connectivity index (χ1n) is 20.9. The summed E-state index contributed by atoms with van der Waals surface area (Å²) in [6, 6.07) is 63.0. The van der Waals surface area contributed by atoms with Gasteiger partial charge in [0.15, 0.2) is 0 Å². The molecule has 292 valence electrons. The third kappa shape index (κ3) is 7.76. The quantitative estimate of drug-likeness (QED) is 0.123. The Bertz CT molecular complexity index is 3000. The van der Waals surface area contributed by atoms with E-state index in [1.54, 1.807) is 0 Å². The molecule has 0 bridgehead atoms. The number of hydrogen-bond donors (Lipinski definition) is 0. The molecule has 0 atom stereocenters. The molecule has 0 fully saturated rings. The first kappa shape index (κ1) is 39.4. The van der Waals surface area contributed by atoms with E-state index in [2.05, 4.69) is 242 Å². The Hall–Kier alpha value is -7.42. The van der Waals surface area contributed by atoms with Crippen molar-refractivity contribution in [2.75, 3.05) is 0 Å². The molecule has 2 nitrogen and oxygen atoms in total. The van der Waals surface area contributed by atoms with Crippen molar-refractivity contribution >= 4 is 60.3 Å². The Morgan fingerprint density at radius 1 is 0.433 bits per heavy atom. The van der Waals surface area contributed by atoms with Crippen molar-refractivity contribution in [3.63, 3.8) is 0 Å². The lowest BCUT2D eigenvalue weighted by atomic mass is 9.97. The third-order valence-corrected chi connectivity index (χ3v) is 11.1. The van der Waals surface area contributed by atoms with Crippen molar-refractivity contribution in [2.45, 2.75) is 27.7 Å². The van der Waals surface area contributed by atoms with Crippen molar-refractivity contribution in [1.29, 1.82) is 0 Å². The summed E-state index contributed by atoms with van der Waals surface area (Å²) in [5, 5.41) is 5.05. The number of aromatic nitrogens is 2. The molecule has 2 heterocycles. The maximum atomic E-state index is 4.07. The summed E-state index contributed by atoms with van der Waals surface area (Å²) in [7, 11) is 0. The molecule has 9 aromatic rings. The van der Waals surface area contributed by atoms with Crippen molar-refractivity contribution < 1.29 is 0 Å². The van der Waals surface area contributed by atoms with Crippen molar-refractivity contribution in [3.05, 3.63) is 247 Å². The summed E-state index contributed by atoms with van der Waals surface area (Å²) >= 11 is 0. The van der Waals surface area contributed by atoms with Gasteiger partial charge in [-0.2, -0.15) is 0 Å². The SMILES string of the molecule is C=C/C=C(/C=C/C(=C\C(=C/C)c1ccccc1)c1ccc(-n2c3ccccc3c3ccccc32)cc1)\C=C(/C)c1ccc(-n2c3ccccc3c3ccccc32)cc1.CC. The van der Waals surface area contributed by atoms with Gasteiger partial charge in [-0.15, -0.1) is 0 Å². The molecule has 0 radical (unpaired) electrons. The first-order chi connectivity index (χ1) is 29.6. The minimum absolute atomic E-state index is 1.06. The van der Waals surface area contributed by atoms with Crippen molar-refractivity contribution in [1.82, 2.24) is 9.13 Å². The number of rotatable bonds is 10. The molecule has 9 rings (SSSR count). The monoisotopic (exact) mass is 774 g/mol. The molecule has 0 aliphatic rings. The van der Waals surface area contributed by atoms with E-state index in [9.17, 15) is 0 Å². The lowest BCUT2D eigenvalue weighted by Crippen LogP contribution is -1.94. The molecule has 2 heteroatoms. The average Bonchev–Trinajstić information content (AvgIpc) is 3.83. The number of hydrogen-bond acceptors (Lipinski definition) is 0. The van der Waals surface area contributed by atoms with Crippen LogP contribution in [-0.2, 0) is 0 Å². The van der Waals surface area contributed by atoms with Gasteiger partial charge in [0.05, 0.1) is 22.1 Å². The third-order valence-electron chi connectivity index (χ3n) is 11.1. The molecule has 7 aromatic carbocycles. The van der Waals surface area contributed by atoms with Gasteiger partial charge in [0.25, 0.3) is 0 Å². The van der Waals surface area contributed by atoms with Gasteiger partial charge >= 0.3 is 0 Å². The Morgan fingerprint density at radius 2 is 0.833 bits per heavy atom. The highest BCUT2D eigenvalue weighted by Gasteiger charge is 2.13. The second-order valence-corrected chi connectivity index (χ2v) is 14.6.